The lowest BCUT2D eigenvalue weighted by atomic mass is 10.1. The molecule has 5 rings (SSSR count). The molecular formula is C23H16FN7. The van der Waals surface area contributed by atoms with Crippen molar-refractivity contribution < 1.29 is 4.39 Å². The van der Waals surface area contributed by atoms with Crippen LogP contribution in [0.25, 0.3) is 21.8 Å². The molecule has 0 saturated heterocycles. The van der Waals surface area contributed by atoms with Gasteiger partial charge in [0.05, 0.1) is 28.9 Å². The molecule has 2 aromatic heterocycles. The summed E-state index contributed by atoms with van der Waals surface area (Å²) in [6.45, 7) is 0. The van der Waals surface area contributed by atoms with E-state index in [-0.39, 0.29) is 5.82 Å². The molecule has 5 aromatic rings. The van der Waals surface area contributed by atoms with Crippen molar-refractivity contribution >= 4 is 45.1 Å². The number of benzene rings is 3. The molecule has 3 N–H and O–H groups in total. The topological polar surface area (TPSA) is 102 Å². The number of nitrogens with zero attached hydrogens (tertiary/aromatic N) is 4. The molecule has 2 heterocycles. The summed E-state index contributed by atoms with van der Waals surface area (Å²) in [4.78, 5) is 9.19. The summed E-state index contributed by atoms with van der Waals surface area (Å²) < 4.78 is 14.4. The fourth-order valence-electron chi connectivity index (χ4n) is 3.39. The van der Waals surface area contributed by atoms with Crippen LogP contribution in [0, 0.1) is 17.1 Å². The minimum atomic E-state index is -0.372. The lowest BCUT2D eigenvalue weighted by molar-refractivity contribution is 0.640. The second-order valence-electron chi connectivity index (χ2n) is 6.93. The maximum atomic E-state index is 14.4. The first-order valence-electron chi connectivity index (χ1n) is 9.60. The van der Waals surface area contributed by atoms with Gasteiger partial charge in [0.2, 0.25) is 5.95 Å². The van der Waals surface area contributed by atoms with Gasteiger partial charge >= 0.3 is 0 Å². The lowest BCUT2D eigenvalue weighted by Crippen LogP contribution is -2.03. The van der Waals surface area contributed by atoms with E-state index in [9.17, 15) is 4.39 Å². The summed E-state index contributed by atoms with van der Waals surface area (Å²) >= 11 is 0. The monoisotopic (exact) mass is 409 g/mol. The smallest absolute Gasteiger partial charge is 0.229 e. The Kier molecular flexibility index (Phi) is 4.61. The SMILES string of the molecule is N#CCc1ccc(Nc2nc(Nc3n[nH]c4cccc(F)c34)c3ccccc3n2)cc1. The first-order valence-corrected chi connectivity index (χ1v) is 9.60. The molecule has 0 atom stereocenters. The van der Waals surface area contributed by atoms with E-state index < -0.39 is 0 Å². The van der Waals surface area contributed by atoms with Crippen LogP contribution in [0.4, 0.5) is 27.7 Å². The summed E-state index contributed by atoms with van der Waals surface area (Å²) in [5.74, 6) is 0.868. The van der Waals surface area contributed by atoms with Gasteiger partial charge in [-0.2, -0.15) is 15.3 Å². The molecule has 0 unspecified atom stereocenters. The van der Waals surface area contributed by atoms with Gasteiger partial charge in [-0.1, -0.05) is 30.3 Å². The number of anilines is 4. The quantitative estimate of drug-likeness (QED) is 0.369. The van der Waals surface area contributed by atoms with Gasteiger partial charge in [-0.05, 0) is 42.0 Å². The van der Waals surface area contributed by atoms with Crippen molar-refractivity contribution in [3.63, 3.8) is 0 Å². The van der Waals surface area contributed by atoms with Crippen LogP contribution in [0.5, 0.6) is 0 Å². The van der Waals surface area contributed by atoms with Crippen LogP contribution in [0.2, 0.25) is 0 Å². The third-order valence-electron chi connectivity index (χ3n) is 4.87. The first-order chi connectivity index (χ1) is 15.2. The van der Waals surface area contributed by atoms with E-state index in [0.717, 1.165) is 22.2 Å². The number of para-hydroxylation sites is 1. The van der Waals surface area contributed by atoms with Crippen LogP contribution < -0.4 is 10.6 Å². The summed E-state index contributed by atoms with van der Waals surface area (Å²) in [6.07, 6.45) is 0.356. The van der Waals surface area contributed by atoms with E-state index in [1.807, 2.05) is 48.5 Å². The molecule has 3 aromatic carbocycles. The van der Waals surface area contributed by atoms with Gasteiger partial charge in [0.1, 0.15) is 11.6 Å². The van der Waals surface area contributed by atoms with Crippen LogP contribution >= 0.6 is 0 Å². The highest BCUT2D eigenvalue weighted by Gasteiger charge is 2.14. The minimum absolute atomic E-state index is 0.351. The zero-order valence-corrected chi connectivity index (χ0v) is 16.2. The fourth-order valence-corrected chi connectivity index (χ4v) is 3.39. The van der Waals surface area contributed by atoms with Gasteiger partial charge in [0.15, 0.2) is 5.82 Å². The molecular weight excluding hydrogens is 393 g/mol. The Bertz CT molecular complexity index is 1430. The zero-order chi connectivity index (χ0) is 21.2. The van der Waals surface area contributed by atoms with E-state index in [1.54, 1.807) is 12.1 Å². The van der Waals surface area contributed by atoms with E-state index in [2.05, 4.69) is 36.9 Å². The zero-order valence-electron chi connectivity index (χ0n) is 16.2. The number of halogens is 1. The van der Waals surface area contributed by atoms with Crippen molar-refractivity contribution in [1.29, 1.82) is 5.26 Å². The van der Waals surface area contributed by atoms with Crippen LogP contribution in [-0.4, -0.2) is 20.2 Å². The highest BCUT2D eigenvalue weighted by Crippen LogP contribution is 2.30. The number of hydrogen-bond acceptors (Lipinski definition) is 6. The van der Waals surface area contributed by atoms with Crippen LogP contribution in [-0.2, 0) is 6.42 Å². The lowest BCUT2D eigenvalue weighted by Gasteiger charge is -2.11. The van der Waals surface area contributed by atoms with Gasteiger partial charge in [-0.25, -0.2) is 9.37 Å². The predicted octanol–water partition coefficient (Wildman–Crippen LogP) is 5.20. The van der Waals surface area contributed by atoms with Gasteiger partial charge in [0, 0.05) is 11.1 Å². The van der Waals surface area contributed by atoms with Crippen LogP contribution in [0.15, 0.2) is 66.7 Å². The van der Waals surface area contributed by atoms with Crippen molar-refractivity contribution in [2.24, 2.45) is 0 Å². The molecule has 0 bridgehead atoms. The summed E-state index contributed by atoms with van der Waals surface area (Å²) in [6, 6.07) is 22.0. The summed E-state index contributed by atoms with van der Waals surface area (Å²) in [7, 11) is 0. The summed E-state index contributed by atoms with van der Waals surface area (Å²) in [5, 5.41) is 23.4. The van der Waals surface area contributed by atoms with Gasteiger partial charge < -0.3 is 10.6 Å². The molecule has 0 aliphatic heterocycles. The van der Waals surface area contributed by atoms with Crippen LogP contribution in [0.3, 0.4) is 0 Å². The third kappa shape index (κ3) is 3.60. The van der Waals surface area contributed by atoms with Gasteiger partial charge in [0.25, 0.3) is 0 Å². The number of nitrogens with one attached hydrogen (secondary N) is 3. The number of hydrogen-bond donors (Lipinski definition) is 3. The summed E-state index contributed by atoms with van der Waals surface area (Å²) in [5.41, 5.74) is 3.04. The molecule has 0 saturated carbocycles. The number of aromatic nitrogens is 4. The molecule has 0 aliphatic rings. The van der Waals surface area contributed by atoms with Crippen molar-refractivity contribution in [1.82, 2.24) is 20.2 Å². The number of fused-ring (bicyclic) bond motifs is 2. The number of H-pyrrole nitrogens is 1. The molecule has 150 valence electrons. The second kappa shape index (κ2) is 7.72. The molecule has 31 heavy (non-hydrogen) atoms. The van der Waals surface area contributed by atoms with Crippen molar-refractivity contribution in [3.8, 4) is 6.07 Å². The average Bonchev–Trinajstić information content (AvgIpc) is 3.19. The molecule has 7 nitrogen and oxygen atoms in total. The molecule has 8 heteroatoms. The maximum Gasteiger partial charge on any atom is 0.229 e. The Balaban J connectivity index is 1.53. The second-order valence-corrected chi connectivity index (χ2v) is 6.93. The highest BCUT2D eigenvalue weighted by atomic mass is 19.1. The number of aromatic amines is 1. The first kappa shape index (κ1) is 18.5. The predicted molar refractivity (Wildman–Crippen MR) is 118 cm³/mol. The Hall–Kier alpha value is -4.51. The van der Waals surface area contributed by atoms with Crippen molar-refractivity contribution in [2.45, 2.75) is 6.42 Å². The van der Waals surface area contributed by atoms with E-state index in [4.69, 9.17) is 5.26 Å². The largest absolute Gasteiger partial charge is 0.324 e. The Labute approximate surface area is 176 Å². The fraction of sp³-hybridized carbons (Fsp3) is 0.0435. The van der Waals surface area contributed by atoms with Gasteiger partial charge in [-0.3, -0.25) is 5.10 Å². The van der Waals surface area contributed by atoms with Crippen LogP contribution in [0.1, 0.15) is 5.56 Å². The van der Waals surface area contributed by atoms with E-state index >= 15 is 0 Å². The van der Waals surface area contributed by atoms with Crippen molar-refractivity contribution in [2.75, 3.05) is 10.6 Å². The molecule has 0 radical (unpaired) electrons. The molecule has 0 aliphatic carbocycles. The van der Waals surface area contributed by atoms with Gasteiger partial charge in [-0.15, -0.1) is 0 Å². The number of rotatable bonds is 5. The normalized spacial score (nSPS) is 10.8. The third-order valence-corrected chi connectivity index (χ3v) is 4.87. The highest BCUT2D eigenvalue weighted by molar-refractivity contribution is 5.97. The number of nitriles is 1. The molecule has 0 spiro atoms. The maximum absolute atomic E-state index is 14.4. The Morgan fingerprint density at radius 2 is 1.74 bits per heavy atom. The Morgan fingerprint density at radius 1 is 0.903 bits per heavy atom. The van der Waals surface area contributed by atoms with E-state index in [0.29, 0.717) is 34.9 Å². The molecule has 0 fully saturated rings. The van der Waals surface area contributed by atoms with E-state index in [1.165, 1.54) is 6.07 Å². The van der Waals surface area contributed by atoms with Crippen molar-refractivity contribution in [3.05, 3.63) is 78.1 Å². The Morgan fingerprint density at radius 3 is 2.58 bits per heavy atom. The average molecular weight is 409 g/mol. The standard InChI is InChI=1S/C23H16FN7/c24-17-5-3-7-19-20(17)22(31-30-19)28-21-16-4-1-2-6-18(16)27-23(29-21)26-15-10-8-14(9-11-15)12-13-25/h1-11H,12H2,(H3,26,27,28,29,30,31). The minimum Gasteiger partial charge on any atom is -0.324 e. The molecule has 0 amide bonds.